The molecule has 0 saturated heterocycles. The van der Waals surface area contributed by atoms with Crippen LogP contribution in [0, 0.1) is 17.5 Å². The second-order valence-electron chi connectivity index (χ2n) is 3.04. The summed E-state index contributed by atoms with van der Waals surface area (Å²) in [7, 11) is 1.16. The minimum Gasteiger partial charge on any atom is -0.468 e. The van der Waals surface area contributed by atoms with Crippen LogP contribution in [0.3, 0.4) is 0 Å². The number of carbonyl (C=O) groups is 1. The molecule has 6 heteroatoms. The zero-order valence-electron chi connectivity index (χ0n) is 8.27. The van der Waals surface area contributed by atoms with Crippen molar-refractivity contribution in [2.45, 2.75) is 11.2 Å². The number of halogens is 4. The molecule has 0 bridgehead atoms. The van der Waals surface area contributed by atoms with E-state index >= 15 is 0 Å². The van der Waals surface area contributed by atoms with Crippen molar-refractivity contribution in [3.63, 3.8) is 0 Å². The monoisotopic (exact) mass is 296 g/mol. The molecule has 0 amide bonds. The van der Waals surface area contributed by atoms with Gasteiger partial charge in [-0.15, -0.1) is 0 Å². The van der Waals surface area contributed by atoms with Crippen LogP contribution in [0.5, 0.6) is 0 Å². The molecule has 0 heterocycles. The SMILES string of the molecule is COC(=O)C(Br)Cc1c(F)cc(F)cc1F. The Morgan fingerprint density at radius 2 is 1.88 bits per heavy atom. The fourth-order valence-corrected chi connectivity index (χ4v) is 1.67. The van der Waals surface area contributed by atoms with Crippen LogP contribution >= 0.6 is 15.9 Å². The van der Waals surface area contributed by atoms with Gasteiger partial charge in [0.1, 0.15) is 22.3 Å². The third-order valence-corrected chi connectivity index (χ3v) is 2.64. The zero-order valence-corrected chi connectivity index (χ0v) is 9.85. The first-order valence-electron chi connectivity index (χ1n) is 4.31. The van der Waals surface area contributed by atoms with E-state index in [4.69, 9.17) is 0 Å². The van der Waals surface area contributed by atoms with E-state index in [1.165, 1.54) is 0 Å². The van der Waals surface area contributed by atoms with E-state index in [2.05, 4.69) is 20.7 Å². The van der Waals surface area contributed by atoms with Gasteiger partial charge < -0.3 is 4.74 Å². The van der Waals surface area contributed by atoms with Crippen LogP contribution in [0.4, 0.5) is 13.2 Å². The van der Waals surface area contributed by atoms with Gasteiger partial charge in [-0.3, -0.25) is 4.79 Å². The Balaban J connectivity index is 2.93. The average molecular weight is 297 g/mol. The Morgan fingerprint density at radius 3 is 2.31 bits per heavy atom. The molecule has 0 aliphatic rings. The first kappa shape index (κ1) is 13.0. The standard InChI is InChI=1S/C10H8BrF3O2/c1-16-10(15)7(11)4-6-8(13)2-5(12)3-9(6)14/h2-3,7H,4H2,1H3. The van der Waals surface area contributed by atoms with Gasteiger partial charge in [-0.05, 0) is 0 Å². The van der Waals surface area contributed by atoms with Gasteiger partial charge in [-0.1, -0.05) is 15.9 Å². The van der Waals surface area contributed by atoms with Crippen LogP contribution < -0.4 is 0 Å². The molecule has 0 spiro atoms. The highest BCUT2D eigenvalue weighted by molar-refractivity contribution is 9.10. The summed E-state index contributed by atoms with van der Waals surface area (Å²) < 4.78 is 43.3. The van der Waals surface area contributed by atoms with Gasteiger partial charge in [0.05, 0.1) is 7.11 Å². The summed E-state index contributed by atoms with van der Waals surface area (Å²) in [5, 5.41) is 0. The number of benzene rings is 1. The number of hydrogen-bond donors (Lipinski definition) is 0. The second-order valence-corrected chi connectivity index (χ2v) is 4.15. The maximum atomic E-state index is 13.2. The Labute approximate surface area is 98.5 Å². The summed E-state index contributed by atoms with van der Waals surface area (Å²) in [6.07, 6.45) is -0.245. The summed E-state index contributed by atoms with van der Waals surface area (Å²) >= 11 is 2.93. The number of hydrogen-bond acceptors (Lipinski definition) is 2. The van der Waals surface area contributed by atoms with Crippen molar-refractivity contribution in [1.82, 2.24) is 0 Å². The molecule has 1 aromatic carbocycles. The van der Waals surface area contributed by atoms with Gasteiger partial charge in [-0.2, -0.15) is 0 Å². The highest BCUT2D eigenvalue weighted by atomic mass is 79.9. The average Bonchev–Trinajstić information content (AvgIpc) is 2.21. The number of carbonyl (C=O) groups excluding carboxylic acids is 1. The first-order valence-corrected chi connectivity index (χ1v) is 5.22. The molecule has 0 fully saturated rings. The fraction of sp³-hybridized carbons (Fsp3) is 0.300. The molecule has 0 aliphatic heterocycles. The molecule has 0 radical (unpaired) electrons. The van der Waals surface area contributed by atoms with E-state index in [-0.39, 0.29) is 12.0 Å². The number of alkyl halides is 1. The highest BCUT2D eigenvalue weighted by Crippen LogP contribution is 2.19. The van der Waals surface area contributed by atoms with E-state index in [1.54, 1.807) is 0 Å². The largest absolute Gasteiger partial charge is 0.468 e. The van der Waals surface area contributed by atoms with Crippen LogP contribution in [0.15, 0.2) is 12.1 Å². The van der Waals surface area contributed by atoms with Crippen LogP contribution in [-0.2, 0) is 16.0 Å². The quantitative estimate of drug-likeness (QED) is 0.633. The lowest BCUT2D eigenvalue weighted by molar-refractivity contribution is -0.139. The number of esters is 1. The lowest BCUT2D eigenvalue weighted by Crippen LogP contribution is -2.19. The van der Waals surface area contributed by atoms with E-state index in [9.17, 15) is 18.0 Å². The summed E-state index contributed by atoms with van der Waals surface area (Å²) in [5.41, 5.74) is -0.353. The second kappa shape index (κ2) is 5.34. The maximum Gasteiger partial charge on any atom is 0.319 e. The lowest BCUT2D eigenvalue weighted by Gasteiger charge is -2.09. The maximum absolute atomic E-state index is 13.2. The summed E-state index contributed by atoms with van der Waals surface area (Å²) in [6, 6.07) is 1.13. The molecule has 1 aromatic rings. The summed E-state index contributed by atoms with van der Waals surface area (Å²) in [4.78, 5) is 10.1. The Hall–Kier alpha value is -1.04. The molecule has 0 saturated carbocycles. The normalized spacial score (nSPS) is 12.3. The topological polar surface area (TPSA) is 26.3 Å². The van der Waals surface area contributed by atoms with Gasteiger partial charge in [0.25, 0.3) is 0 Å². The Kier molecular flexibility index (Phi) is 4.35. The molecule has 88 valence electrons. The zero-order chi connectivity index (χ0) is 12.3. The van der Waals surface area contributed by atoms with Crippen molar-refractivity contribution >= 4 is 21.9 Å². The van der Waals surface area contributed by atoms with E-state index in [0.29, 0.717) is 12.1 Å². The van der Waals surface area contributed by atoms with E-state index in [1.807, 2.05) is 0 Å². The number of rotatable bonds is 3. The van der Waals surface area contributed by atoms with Crippen LogP contribution in [0.2, 0.25) is 0 Å². The number of ether oxygens (including phenoxy) is 1. The molecule has 0 N–H and O–H groups in total. The summed E-state index contributed by atoms with van der Waals surface area (Å²) in [5.74, 6) is -3.69. The smallest absolute Gasteiger partial charge is 0.319 e. The van der Waals surface area contributed by atoms with Crippen molar-refractivity contribution in [2.75, 3.05) is 7.11 Å². The van der Waals surface area contributed by atoms with Crippen LogP contribution in [0.25, 0.3) is 0 Å². The van der Waals surface area contributed by atoms with Gasteiger partial charge in [0.2, 0.25) is 0 Å². The number of methoxy groups -OCH3 is 1. The Morgan fingerprint density at radius 1 is 1.38 bits per heavy atom. The minimum atomic E-state index is -1.02. The van der Waals surface area contributed by atoms with Crippen molar-refractivity contribution in [2.24, 2.45) is 0 Å². The molecular weight excluding hydrogens is 289 g/mol. The first-order chi connectivity index (χ1) is 7.45. The molecule has 1 unspecified atom stereocenters. The molecular formula is C10H8BrF3O2. The molecule has 0 aliphatic carbocycles. The van der Waals surface area contributed by atoms with Gasteiger partial charge in [-0.25, -0.2) is 13.2 Å². The molecule has 16 heavy (non-hydrogen) atoms. The highest BCUT2D eigenvalue weighted by Gasteiger charge is 2.21. The molecule has 2 nitrogen and oxygen atoms in total. The third-order valence-electron chi connectivity index (χ3n) is 1.95. The predicted octanol–water partition coefficient (Wildman–Crippen LogP) is 2.58. The lowest BCUT2D eigenvalue weighted by atomic mass is 10.1. The van der Waals surface area contributed by atoms with E-state index < -0.39 is 28.2 Å². The van der Waals surface area contributed by atoms with Gasteiger partial charge >= 0.3 is 5.97 Å². The van der Waals surface area contributed by atoms with Crippen LogP contribution in [0.1, 0.15) is 5.56 Å². The van der Waals surface area contributed by atoms with Gasteiger partial charge in [0.15, 0.2) is 0 Å². The summed E-state index contributed by atoms with van der Waals surface area (Å²) in [6.45, 7) is 0. The van der Waals surface area contributed by atoms with Crippen molar-refractivity contribution < 1.29 is 22.7 Å². The molecule has 1 rings (SSSR count). The van der Waals surface area contributed by atoms with E-state index in [0.717, 1.165) is 7.11 Å². The molecule has 0 aromatic heterocycles. The van der Waals surface area contributed by atoms with Crippen molar-refractivity contribution in [1.29, 1.82) is 0 Å². The van der Waals surface area contributed by atoms with Crippen molar-refractivity contribution in [3.8, 4) is 0 Å². The minimum absolute atomic E-state index is 0.245. The van der Waals surface area contributed by atoms with Gasteiger partial charge in [0, 0.05) is 24.1 Å². The van der Waals surface area contributed by atoms with Crippen molar-refractivity contribution in [3.05, 3.63) is 35.1 Å². The molecule has 1 atom stereocenters. The Bertz CT molecular complexity index is 386. The van der Waals surface area contributed by atoms with Crippen LogP contribution in [-0.4, -0.2) is 17.9 Å². The third kappa shape index (κ3) is 2.98. The fourth-order valence-electron chi connectivity index (χ4n) is 1.16. The predicted molar refractivity (Wildman–Crippen MR) is 54.8 cm³/mol.